The second kappa shape index (κ2) is 3.75. The Bertz CT molecular complexity index is 664. The Morgan fingerprint density at radius 3 is 2.94 bits per heavy atom. The normalized spacial score (nSPS) is 10.6. The van der Waals surface area contributed by atoms with Gasteiger partial charge in [-0.3, -0.25) is 5.10 Å². The smallest absolute Gasteiger partial charge is 0.160 e. The molecule has 6 heteroatoms. The number of phenols is 1. The summed E-state index contributed by atoms with van der Waals surface area (Å²) in [4.78, 5) is 8.16. The van der Waals surface area contributed by atoms with E-state index in [0.29, 0.717) is 17.2 Å². The van der Waals surface area contributed by atoms with Crippen LogP contribution < -0.4 is 5.32 Å². The average molecular weight is 227 g/mol. The summed E-state index contributed by atoms with van der Waals surface area (Å²) in [5.74, 6) is 0.771. The van der Waals surface area contributed by atoms with E-state index in [9.17, 15) is 5.11 Å². The van der Waals surface area contributed by atoms with Gasteiger partial charge in [-0.1, -0.05) is 12.1 Å². The van der Waals surface area contributed by atoms with Gasteiger partial charge in [0.15, 0.2) is 5.65 Å². The van der Waals surface area contributed by atoms with Crippen LogP contribution in [-0.4, -0.2) is 25.3 Å². The number of hydrogen-bond acceptors (Lipinski definition) is 5. The summed E-state index contributed by atoms with van der Waals surface area (Å²) in [6, 6.07) is 6.96. The molecule has 0 fully saturated rings. The van der Waals surface area contributed by atoms with Crippen LogP contribution in [0, 0.1) is 0 Å². The van der Waals surface area contributed by atoms with Crippen molar-refractivity contribution in [2.24, 2.45) is 0 Å². The number of hydrogen-bond donors (Lipinski definition) is 3. The third kappa shape index (κ3) is 1.65. The standard InChI is InChI=1S/C11H9N5O/c17-9-4-2-1-3-8(9)15-10-7-5-14-16-11(7)13-6-12-10/h1-6,17H,(H2,12,13,14,15,16). The molecule has 0 unspecified atom stereocenters. The van der Waals surface area contributed by atoms with E-state index in [4.69, 9.17) is 0 Å². The lowest BCUT2D eigenvalue weighted by Crippen LogP contribution is -1.95. The van der Waals surface area contributed by atoms with E-state index in [1.807, 2.05) is 6.07 Å². The maximum Gasteiger partial charge on any atom is 0.160 e. The molecule has 6 nitrogen and oxygen atoms in total. The zero-order valence-electron chi connectivity index (χ0n) is 8.75. The molecule has 3 N–H and O–H groups in total. The third-order valence-corrected chi connectivity index (χ3v) is 2.41. The Labute approximate surface area is 96.4 Å². The summed E-state index contributed by atoms with van der Waals surface area (Å²) in [7, 11) is 0. The van der Waals surface area contributed by atoms with Crippen LogP contribution in [0.5, 0.6) is 5.75 Å². The van der Waals surface area contributed by atoms with Crippen LogP contribution in [0.4, 0.5) is 11.5 Å². The molecule has 0 atom stereocenters. The van der Waals surface area contributed by atoms with Crippen molar-refractivity contribution in [3.05, 3.63) is 36.8 Å². The SMILES string of the molecule is Oc1ccccc1Nc1ncnc2[nH]ncc12. The van der Waals surface area contributed by atoms with Gasteiger partial charge in [0.25, 0.3) is 0 Å². The molecule has 1 aromatic carbocycles. The van der Waals surface area contributed by atoms with E-state index in [-0.39, 0.29) is 5.75 Å². The van der Waals surface area contributed by atoms with Crippen LogP contribution in [0.1, 0.15) is 0 Å². The van der Waals surface area contributed by atoms with Crippen molar-refractivity contribution in [2.45, 2.75) is 0 Å². The number of fused-ring (bicyclic) bond motifs is 1. The first kappa shape index (κ1) is 9.59. The van der Waals surface area contributed by atoms with Gasteiger partial charge in [0.2, 0.25) is 0 Å². The fraction of sp³-hybridized carbons (Fsp3) is 0. The molecule has 17 heavy (non-hydrogen) atoms. The van der Waals surface area contributed by atoms with Crippen LogP contribution >= 0.6 is 0 Å². The summed E-state index contributed by atoms with van der Waals surface area (Å²) < 4.78 is 0. The van der Waals surface area contributed by atoms with Gasteiger partial charge < -0.3 is 10.4 Å². The molecule has 0 amide bonds. The second-order valence-corrected chi connectivity index (χ2v) is 3.50. The number of aromatic hydroxyl groups is 1. The van der Waals surface area contributed by atoms with Crippen molar-refractivity contribution in [2.75, 3.05) is 5.32 Å². The van der Waals surface area contributed by atoms with Gasteiger partial charge in [-0.15, -0.1) is 0 Å². The average Bonchev–Trinajstić information content (AvgIpc) is 2.81. The first-order chi connectivity index (χ1) is 8.34. The molecule has 3 aromatic rings. The van der Waals surface area contributed by atoms with E-state index < -0.39 is 0 Å². The quantitative estimate of drug-likeness (QED) is 0.581. The van der Waals surface area contributed by atoms with Crippen LogP contribution in [0.15, 0.2) is 36.8 Å². The molecular formula is C11H9N5O. The Balaban J connectivity index is 2.06. The first-order valence-corrected chi connectivity index (χ1v) is 5.04. The predicted octanol–water partition coefficient (Wildman–Crippen LogP) is 1.80. The first-order valence-electron chi connectivity index (χ1n) is 5.04. The molecule has 2 heterocycles. The van der Waals surface area contributed by atoms with E-state index in [1.165, 1.54) is 6.33 Å². The molecule has 0 saturated carbocycles. The lowest BCUT2D eigenvalue weighted by molar-refractivity contribution is 0.478. The van der Waals surface area contributed by atoms with Crippen LogP contribution in [0.2, 0.25) is 0 Å². The molecular weight excluding hydrogens is 218 g/mol. The molecule has 0 aliphatic heterocycles. The Morgan fingerprint density at radius 1 is 1.18 bits per heavy atom. The number of nitrogens with one attached hydrogen (secondary N) is 2. The van der Waals surface area contributed by atoms with Crippen molar-refractivity contribution in [1.82, 2.24) is 20.2 Å². The fourth-order valence-corrected chi connectivity index (χ4v) is 1.57. The van der Waals surface area contributed by atoms with Gasteiger partial charge in [-0.25, -0.2) is 9.97 Å². The molecule has 0 spiro atoms. The largest absolute Gasteiger partial charge is 0.506 e. The Kier molecular flexibility index (Phi) is 2.11. The highest BCUT2D eigenvalue weighted by atomic mass is 16.3. The number of nitrogens with zero attached hydrogens (tertiary/aromatic N) is 3. The highest BCUT2D eigenvalue weighted by Crippen LogP contribution is 2.27. The number of aromatic nitrogens is 4. The topological polar surface area (TPSA) is 86.7 Å². The zero-order chi connectivity index (χ0) is 11.7. The molecule has 0 aliphatic carbocycles. The monoisotopic (exact) mass is 227 g/mol. The van der Waals surface area contributed by atoms with Crippen molar-refractivity contribution in [1.29, 1.82) is 0 Å². The zero-order valence-corrected chi connectivity index (χ0v) is 8.75. The minimum absolute atomic E-state index is 0.169. The number of anilines is 2. The van der Waals surface area contributed by atoms with Crippen LogP contribution in [0.25, 0.3) is 11.0 Å². The van der Waals surface area contributed by atoms with Gasteiger partial charge >= 0.3 is 0 Å². The van der Waals surface area contributed by atoms with Crippen molar-refractivity contribution >= 4 is 22.5 Å². The molecule has 3 rings (SSSR count). The highest BCUT2D eigenvalue weighted by Gasteiger charge is 2.07. The summed E-state index contributed by atoms with van der Waals surface area (Å²) in [5.41, 5.74) is 1.24. The molecule has 2 aromatic heterocycles. The van der Waals surface area contributed by atoms with Crippen LogP contribution in [-0.2, 0) is 0 Å². The summed E-state index contributed by atoms with van der Waals surface area (Å²) >= 11 is 0. The summed E-state index contributed by atoms with van der Waals surface area (Å²) in [6.45, 7) is 0. The molecule has 0 bridgehead atoms. The summed E-state index contributed by atoms with van der Waals surface area (Å²) in [6.07, 6.45) is 3.07. The number of aromatic amines is 1. The van der Waals surface area contributed by atoms with E-state index in [1.54, 1.807) is 24.4 Å². The third-order valence-electron chi connectivity index (χ3n) is 2.41. The maximum absolute atomic E-state index is 9.67. The van der Waals surface area contributed by atoms with E-state index >= 15 is 0 Å². The Hall–Kier alpha value is -2.63. The van der Waals surface area contributed by atoms with Gasteiger partial charge in [0.05, 0.1) is 17.3 Å². The van der Waals surface area contributed by atoms with Gasteiger partial charge in [0, 0.05) is 0 Å². The summed E-state index contributed by atoms with van der Waals surface area (Å²) in [5, 5.41) is 20.1. The predicted molar refractivity (Wildman–Crippen MR) is 63.1 cm³/mol. The van der Waals surface area contributed by atoms with Gasteiger partial charge in [-0.05, 0) is 12.1 Å². The van der Waals surface area contributed by atoms with E-state index in [0.717, 1.165) is 5.39 Å². The lowest BCUT2D eigenvalue weighted by atomic mass is 10.3. The number of rotatable bonds is 2. The van der Waals surface area contributed by atoms with Crippen molar-refractivity contribution < 1.29 is 5.11 Å². The second-order valence-electron chi connectivity index (χ2n) is 3.50. The highest BCUT2D eigenvalue weighted by molar-refractivity contribution is 5.88. The van der Waals surface area contributed by atoms with Crippen molar-refractivity contribution in [3.63, 3.8) is 0 Å². The molecule has 0 aliphatic rings. The minimum atomic E-state index is 0.169. The van der Waals surface area contributed by atoms with Crippen LogP contribution in [0.3, 0.4) is 0 Å². The maximum atomic E-state index is 9.67. The fourth-order valence-electron chi connectivity index (χ4n) is 1.57. The number of H-pyrrole nitrogens is 1. The molecule has 0 saturated heterocycles. The van der Waals surface area contributed by atoms with E-state index in [2.05, 4.69) is 25.5 Å². The van der Waals surface area contributed by atoms with Gasteiger partial charge in [0.1, 0.15) is 17.9 Å². The number of benzene rings is 1. The molecule has 84 valence electrons. The van der Waals surface area contributed by atoms with Crippen molar-refractivity contribution in [3.8, 4) is 5.75 Å². The Morgan fingerprint density at radius 2 is 2.06 bits per heavy atom. The minimum Gasteiger partial charge on any atom is -0.506 e. The van der Waals surface area contributed by atoms with Gasteiger partial charge in [-0.2, -0.15) is 5.10 Å². The number of phenolic OH excluding ortho intramolecular Hbond substituents is 1. The number of para-hydroxylation sites is 2. The molecule has 0 radical (unpaired) electrons. The lowest BCUT2D eigenvalue weighted by Gasteiger charge is -2.07.